The minimum atomic E-state index is -0.251. The van der Waals surface area contributed by atoms with Crippen LogP contribution in [0.1, 0.15) is 42.4 Å². The highest BCUT2D eigenvalue weighted by Gasteiger charge is 2.39. The Bertz CT molecular complexity index is 694. The molecule has 1 aliphatic heterocycles. The normalized spacial score (nSPS) is 24.0. The van der Waals surface area contributed by atoms with Crippen LogP contribution in [0.15, 0.2) is 16.9 Å². The number of H-pyrrole nitrogens is 1. The maximum absolute atomic E-state index is 14.3. The second-order valence-electron chi connectivity index (χ2n) is 6.19. The molecule has 1 aliphatic carbocycles. The summed E-state index contributed by atoms with van der Waals surface area (Å²) in [5.74, 6) is 1.12. The van der Waals surface area contributed by atoms with E-state index in [1.54, 1.807) is 6.20 Å². The third kappa shape index (κ3) is 2.16. The van der Waals surface area contributed by atoms with Crippen molar-refractivity contribution in [2.75, 3.05) is 11.4 Å². The Balaban J connectivity index is 1.75. The first-order chi connectivity index (χ1) is 10.6. The van der Waals surface area contributed by atoms with Crippen molar-refractivity contribution in [1.29, 1.82) is 0 Å². The standard InChI is InChI=1S/C16H18BrFN4/c1-9-20-13-4-5-14-10(15(13)21-9)3-2-6-22(14)16-11(17)7-19-8-12(16)18/h7-8,10,14H,2-6H2,1H3,(H,20,21)/t10-,14-/m1/s1. The number of hydrogen-bond acceptors (Lipinski definition) is 3. The van der Waals surface area contributed by atoms with E-state index < -0.39 is 0 Å². The molecule has 1 saturated heterocycles. The molecule has 0 spiro atoms. The number of aromatic nitrogens is 3. The Hall–Kier alpha value is -1.43. The summed E-state index contributed by atoms with van der Waals surface area (Å²) in [6.45, 7) is 2.90. The van der Waals surface area contributed by atoms with E-state index in [1.807, 2.05) is 6.92 Å². The van der Waals surface area contributed by atoms with Gasteiger partial charge in [-0.05, 0) is 48.5 Å². The van der Waals surface area contributed by atoms with Crippen molar-refractivity contribution in [1.82, 2.24) is 15.0 Å². The van der Waals surface area contributed by atoms with Crippen molar-refractivity contribution in [3.05, 3.63) is 39.9 Å². The highest BCUT2D eigenvalue weighted by Crippen LogP contribution is 2.43. The molecule has 4 rings (SSSR count). The number of aryl methyl sites for hydroxylation is 2. The lowest BCUT2D eigenvalue weighted by molar-refractivity contribution is 0.355. The van der Waals surface area contributed by atoms with Crippen molar-refractivity contribution in [2.24, 2.45) is 0 Å². The van der Waals surface area contributed by atoms with Crippen LogP contribution in [0, 0.1) is 12.7 Å². The van der Waals surface area contributed by atoms with E-state index in [0.29, 0.717) is 17.6 Å². The fourth-order valence-corrected chi connectivity index (χ4v) is 4.57. The van der Waals surface area contributed by atoms with E-state index in [0.717, 1.165) is 42.5 Å². The second-order valence-corrected chi connectivity index (χ2v) is 7.04. The van der Waals surface area contributed by atoms with Crippen LogP contribution < -0.4 is 4.90 Å². The first-order valence-electron chi connectivity index (χ1n) is 7.76. The molecule has 116 valence electrons. The van der Waals surface area contributed by atoms with Gasteiger partial charge in [-0.3, -0.25) is 4.98 Å². The molecule has 6 heteroatoms. The lowest BCUT2D eigenvalue weighted by Crippen LogP contribution is -2.47. The van der Waals surface area contributed by atoms with Gasteiger partial charge in [-0.1, -0.05) is 0 Å². The highest BCUT2D eigenvalue weighted by atomic mass is 79.9. The molecule has 0 aromatic carbocycles. The molecule has 3 heterocycles. The topological polar surface area (TPSA) is 44.8 Å². The fourth-order valence-electron chi connectivity index (χ4n) is 4.04. The van der Waals surface area contributed by atoms with Crippen LogP contribution in [0.4, 0.5) is 10.1 Å². The van der Waals surface area contributed by atoms with Crippen LogP contribution in [0.5, 0.6) is 0 Å². The number of halogens is 2. The molecule has 0 amide bonds. The van der Waals surface area contributed by atoms with E-state index in [9.17, 15) is 4.39 Å². The molecule has 0 bridgehead atoms. The molecule has 0 unspecified atom stereocenters. The number of pyridine rings is 1. The third-order valence-corrected chi connectivity index (χ3v) is 5.45. The number of imidazole rings is 1. The van der Waals surface area contributed by atoms with Gasteiger partial charge in [0.15, 0.2) is 5.82 Å². The first-order valence-corrected chi connectivity index (χ1v) is 8.55. The Labute approximate surface area is 137 Å². The van der Waals surface area contributed by atoms with E-state index in [1.165, 1.54) is 17.6 Å². The molecular weight excluding hydrogens is 347 g/mol. The number of aromatic amines is 1. The van der Waals surface area contributed by atoms with Gasteiger partial charge in [0.25, 0.3) is 0 Å². The minimum absolute atomic E-state index is 0.251. The van der Waals surface area contributed by atoms with Crippen molar-refractivity contribution in [3.8, 4) is 0 Å². The molecule has 2 atom stereocenters. The Morgan fingerprint density at radius 2 is 2.23 bits per heavy atom. The zero-order chi connectivity index (χ0) is 15.3. The average molecular weight is 365 g/mol. The van der Waals surface area contributed by atoms with Gasteiger partial charge in [0.1, 0.15) is 5.82 Å². The van der Waals surface area contributed by atoms with Gasteiger partial charge < -0.3 is 9.88 Å². The maximum Gasteiger partial charge on any atom is 0.165 e. The lowest BCUT2D eigenvalue weighted by atomic mass is 9.78. The molecule has 1 N–H and O–H groups in total. The average Bonchev–Trinajstić information content (AvgIpc) is 2.88. The fraction of sp³-hybridized carbons (Fsp3) is 0.500. The summed E-state index contributed by atoms with van der Waals surface area (Å²) < 4.78 is 15.1. The smallest absolute Gasteiger partial charge is 0.165 e. The van der Waals surface area contributed by atoms with E-state index in [2.05, 4.69) is 30.8 Å². The largest absolute Gasteiger partial charge is 0.364 e. The molecule has 22 heavy (non-hydrogen) atoms. The predicted octanol–water partition coefficient (Wildman–Crippen LogP) is 3.71. The molecule has 2 aromatic rings. The van der Waals surface area contributed by atoms with Gasteiger partial charge in [-0.25, -0.2) is 9.37 Å². The van der Waals surface area contributed by atoms with Gasteiger partial charge in [0, 0.05) is 30.4 Å². The van der Waals surface area contributed by atoms with Crippen LogP contribution in [0.25, 0.3) is 0 Å². The van der Waals surface area contributed by atoms with Gasteiger partial charge in [-0.2, -0.15) is 0 Å². The number of rotatable bonds is 1. The highest BCUT2D eigenvalue weighted by molar-refractivity contribution is 9.10. The second kappa shape index (κ2) is 5.33. The third-order valence-electron chi connectivity index (χ3n) is 4.86. The van der Waals surface area contributed by atoms with E-state index in [4.69, 9.17) is 4.98 Å². The van der Waals surface area contributed by atoms with Crippen LogP contribution in [0.2, 0.25) is 0 Å². The molecular formula is C16H18BrFN4. The zero-order valence-corrected chi connectivity index (χ0v) is 14.0. The molecule has 4 nitrogen and oxygen atoms in total. The summed E-state index contributed by atoms with van der Waals surface area (Å²) in [5, 5.41) is 0. The van der Waals surface area contributed by atoms with Crippen LogP contribution in [-0.4, -0.2) is 27.5 Å². The summed E-state index contributed by atoms with van der Waals surface area (Å²) in [7, 11) is 0. The lowest BCUT2D eigenvalue weighted by Gasteiger charge is -2.45. The quantitative estimate of drug-likeness (QED) is 0.838. The minimum Gasteiger partial charge on any atom is -0.364 e. The molecule has 0 saturated carbocycles. The molecule has 2 aliphatic rings. The summed E-state index contributed by atoms with van der Waals surface area (Å²) in [6, 6.07) is 0.317. The number of nitrogens with one attached hydrogen (secondary N) is 1. The van der Waals surface area contributed by atoms with Gasteiger partial charge >= 0.3 is 0 Å². The van der Waals surface area contributed by atoms with E-state index in [-0.39, 0.29) is 5.82 Å². The molecule has 0 radical (unpaired) electrons. The van der Waals surface area contributed by atoms with Gasteiger partial charge in [0.2, 0.25) is 0 Å². The predicted molar refractivity (Wildman–Crippen MR) is 86.6 cm³/mol. The Kier molecular flexibility index (Phi) is 3.44. The molecule has 2 aromatic heterocycles. The Morgan fingerprint density at radius 3 is 3.05 bits per heavy atom. The first kappa shape index (κ1) is 14.2. The van der Waals surface area contributed by atoms with Gasteiger partial charge in [0.05, 0.1) is 22.1 Å². The van der Waals surface area contributed by atoms with Crippen molar-refractivity contribution >= 4 is 21.6 Å². The molecule has 1 fully saturated rings. The Morgan fingerprint density at radius 1 is 1.36 bits per heavy atom. The number of piperidine rings is 1. The summed E-state index contributed by atoms with van der Waals surface area (Å²) in [4.78, 5) is 14.2. The summed E-state index contributed by atoms with van der Waals surface area (Å²) >= 11 is 3.47. The number of anilines is 1. The number of nitrogens with zero attached hydrogens (tertiary/aromatic N) is 3. The number of fused-ring (bicyclic) bond motifs is 3. The van der Waals surface area contributed by atoms with Crippen LogP contribution >= 0.6 is 15.9 Å². The monoisotopic (exact) mass is 364 g/mol. The van der Waals surface area contributed by atoms with Crippen molar-refractivity contribution < 1.29 is 4.39 Å². The van der Waals surface area contributed by atoms with Crippen LogP contribution in [-0.2, 0) is 6.42 Å². The number of hydrogen-bond donors (Lipinski definition) is 1. The zero-order valence-electron chi connectivity index (χ0n) is 12.4. The van der Waals surface area contributed by atoms with Crippen molar-refractivity contribution in [3.63, 3.8) is 0 Å². The van der Waals surface area contributed by atoms with Gasteiger partial charge in [-0.15, -0.1) is 0 Å². The van der Waals surface area contributed by atoms with Crippen LogP contribution in [0.3, 0.4) is 0 Å². The van der Waals surface area contributed by atoms with Crippen molar-refractivity contribution in [2.45, 2.75) is 44.6 Å². The summed E-state index contributed by atoms with van der Waals surface area (Å²) in [6.07, 6.45) is 7.18. The maximum atomic E-state index is 14.3. The van der Waals surface area contributed by atoms with E-state index >= 15 is 0 Å². The SMILES string of the molecule is Cc1nc2c([nH]1)CC[C@@H]1[C@H]2CCCN1c1c(F)cncc1Br. The summed E-state index contributed by atoms with van der Waals surface area (Å²) in [5.41, 5.74) is 3.12.